The summed E-state index contributed by atoms with van der Waals surface area (Å²) in [6.07, 6.45) is 3.79. The van der Waals surface area contributed by atoms with E-state index in [-0.39, 0.29) is 12.0 Å². The Balaban J connectivity index is 2.37. The minimum absolute atomic E-state index is 0.0892. The van der Waals surface area contributed by atoms with Crippen molar-refractivity contribution in [2.45, 2.75) is 56.4 Å². The highest BCUT2D eigenvalue weighted by Gasteiger charge is 2.53. The molecule has 4 atom stereocenters. The van der Waals surface area contributed by atoms with E-state index in [1.807, 2.05) is 0 Å². The molecule has 1 aliphatic carbocycles. The Labute approximate surface area is 131 Å². The van der Waals surface area contributed by atoms with Crippen molar-refractivity contribution in [1.82, 2.24) is 9.21 Å². The average molecular weight is 332 g/mol. The molecule has 7 nitrogen and oxygen atoms in total. The quantitative estimate of drug-likeness (QED) is 0.809. The Morgan fingerprint density at radius 2 is 1.82 bits per heavy atom. The van der Waals surface area contributed by atoms with Gasteiger partial charge in [-0.3, -0.25) is 9.59 Å². The molecule has 4 unspecified atom stereocenters. The second kappa shape index (κ2) is 6.16. The fourth-order valence-corrected chi connectivity index (χ4v) is 5.69. The van der Waals surface area contributed by atoms with Crippen LogP contribution in [0.15, 0.2) is 0 Å². The van der Waals surface area contributed by atoms with Crippen molar-refractivity contribution in [3.8, 4) is 0 Å². The molecule has 0 radical (unpaired) electrons. The molecular weight excluding hydrogens is 308 g/mol. The first-order valence-electron chi connectivity index (χ1n) is 7.64. The largest absolute Gasteiger partial charge is 0.480 e. The number of fused-ring (bicyclic) bond motifs is 1. The molecule has 1 saturated heterocycles. The lowest BCUT2D eigenvalue weighted by molar-refractivity contribution is -0.141. The van der Waals surface area contributed by atoms with Crippen molar-refractivity contribution in [3.63, 3.8) is 0 Å². The molecule has 0 spiro atoms. The SMILES string of the molecule is CC(C(=O)N(C)C)S(=O)(=O)N1C(C(=O)O)CC2CCCCC21. The van der Waals surface area contributed by atoms with Gasteiger partial charge in [-0.2, -0.15) is 4.31 Å². The van der Waals surface area contributed by atoms with E-state index in [9.17, 15) is 23.1 Å². The number of aliphatic carboxylic acids is 1. The topological polar surface area (TPSA) is 95.0 Å². The Hall–Kier alpha value is -1.15. The third-order valence-corrected chi connectivity index (χ3v) is 7.05. The van der Waals surface area contributed by atoms with Crippen LogP contribution < -0.4 is 0 Å². The van der Waals surface area contributed by atoms with Crippen LogP contribution in [0.25, 0.3) is 0 Å². The zero-order valence-corrected chi connectivity index (χ0v) is 14.0. The van der Waals surface area contributed by atoms with Gasteiger partial charge in [0.25, 0.3) is 0 Å². The Morgan fingerprint density at radius 3 is 2.36 bits per heavy atom. The highest BCUT2D eigenvalue weighted by molar-refractivity contribution is 7.90. The number of amides is 1. The number of carbonyl (C=O) groups excluding carboxylic acids is 1. The standard InChI is InChI=1S/C14H24N2O5S/c1-9(13(17)15(2)3)22(20,21)16-11-7-5-4-6-10(11)8-12(16)14(18)19/h9-12H,4-8H2,1-3H3,(H,18,19). The Bertz CT molecular complexity index is 560. The molecule has 0 aromatic heterocycles. The van der Waals surface area contributed by atoms with Crippen molar-refractivity contribution in [1.29, 1.82) is 0 Å². The van der Waals surface area contributed by atoms with E-state index in [4.69, 9.17) is 0 Å². The number of nitrogens with zero attached hydrogens (tertiary/aromatic N) is 2. The first-order valence-corrected chi connectivity index (χ1v) is 9.14. The molecule has 126 valence electrons. The maximum absolute atomic E-state index is 12.9. The van der Waals surface area contributed by atoms with Gasteiger partial charge >= 0.3 is 5.97 Å². The summed E-state index contributed by atoms with van der Waals surface area (Å²) >= 11 is 0. The molecule has 0 aromatic rings. The molecule has 0 aromatic carbocycles. The van der Waals surface area contributed by atoms with Crippen molar-refractivity contribution in [3.05, 3.63) is 0 Å². The lowest BCUT2D eigenvalue weighted by Crippen LogP contribution is -2.52. The van der Waals surface area contributed by atoms with Crippen LogP contribution in [0.4, 0.5) is 0 Å². The number of rotatable bonds is 4. The number of carboxylic acids is 1. The Morgan fingerprint density at radius 1 is 1.23 bits per heavy atom. The Kier molecular flexibility index (Phi) is 4.81. The van der Waals surface area contributed by atoms with Gasteiger partial charge in [-0.1, -0.05) is 12.8 Å². The molecular formula is C14H24N2O5S. The van der Waals surface area contributed by atoms with Gasteiger partial charge in [0.05, 0.1) is 0 Å². The molecule has 2 aliphatic rings. The number of hydrogen-bond acceptors (Lipinski definition) is 4. The first kappa shape index (κ1) is 17.2. The summed E-state index contributed by atoms with van der Waals surface area (Å²) in [6.45, 7) is 1.34. The smallest absolute Gasteiger partial charge is 0.322 e. The van der Waals surface area contributed by atoms with Gasteiger partial charge in [-0.15, -0.1) is 0 Å². The number of carboxylic acid groups (broad SMARTS) is 1. The third-order valence-electron chi connectivity index (χ3n) is 4.84. The lowest BCUT2D eigenvalue weighted by Gasteiger charge is -2.34. The highest BCUT2D eigenvalue weighted by Crippen LogP contribution is 2.42. The van der Waals surface area contributed by atoms with Crippen LogP contribution in [-0.4, -0.2) is 66.0 Å². The van der Waals surface area contributed by atoms with Crippen LogP contribution in [0.5, 0.6) is 0 Å². The van der Waals surface area contributed by atoms with Crippen LogP contribution in [0.2, 0.25) is 0 Å². The van der Waals surface area contributed by atoms with Crippen LogP contribution in [-0.2, 0) is 19.6 Å². The molecule has 2 rings (SSSR count). The van der Waals surface area contributed by atoms with E-state index in [0.29, 0.717) is 12.8 Å². The fourth-order valence-electron chi connectivity index (χ4n) is 3.67. The summed E-state index contributed by atoms with van der Waals surface area (Å²) < 4.78 is 26.9. The van der Waals surface area contributed by atoms with E-state index >= 15 is 0 Å². The molecule has 0 bridgehead atoms. The summed E-state index contributed by atoms with van der Waals surface area (Å²) in [6, 6.07) is -1.33. The number of carbonyl (C=O) groups is 2. The summed E-state index contributed by atoms with van der Waals surface area (Å²) in [5.74, 6) is -1.56. The zero-order chi connectivity index (χ0) is 16.7. The zero-order valence-electron chi connectivity index (χ0n) is 13.2. The van der Waals surface area contributed by atoms with Crippen molar-refractivity contribution < 1.29 is 23.1 Å². The molecule has 8 heteroatoms. The highest BCUT2D eigenvalue weighted by atomic mass is 32.2. The van der Waals surface area contributed by atoms with E-state index in [0.717, 1.165) is 23.6 Å². The van der Waals surface area contributed by atoms with Gasteiger partial charge in [0.1, 0.15) is 6.04 Å². The second-order valence-electron chi connectivity index (χ2n) is 6.45. The van der Waals surface area contributed by atoms with E-state index < -0.39 is 33.2 Å². The molecule has 1 aliphatic heterocycles. The lowest BCUT2D eigenvalue weighted by atomic mass is 9.85. The van der Waals surface area contributed by atoms with Gasteiger partial charge in [0.15, 0.2) is 5.25 Å². The average Bonchev–Trinajstić information content (AvgIpc) is 2.85. The third kappa shape index (κ3) is 2.86. The number of sulfonamides is 1. The van der Waals surface area contributed by atoms with E-state index in [1.165, 1.54) is 25.9 Å². The normalized spacial score (nSPS) is 30.6. The first-order chi connectivity index (χ1) is 10.2. The van der Waals surface area contributed by atoms with Crippen molar-refractivity contribution in [2.24, 2.45) is 5.92 Å². The molecule has 1 N–H and O–H groups in total. The molecule has 1 heterocycles. The number of hydrogen-bond donors (Lipinski definition) is 1. The van der Waals surface area contributed by atoms with Gasteiger partial charge in [-0.05, 0) is 32.1 Å². The maximum Gasteiger partial charge on any atom is 0.322 e. The van der Waals surface area contributed by atoms with Crippen LogP contribution >= 0.6 is 0 Å². The summed E-state index contributed by atoms with van der Waals surface area (Å²) in [5.41, 5.74) is 0. The predicted octanol–water partition coefficient (Wildman–Crippen LogP) is 0.511. The summed E-state index contributed by atoms with van der Waals surface area (Å²) in [7, 11) is -0.993. The van der Waals surface area contributed by atoms with E-state index in [1.54, 1.807) is 0 Å². The summed E-state index contributed by atoms with van der Waals surface area (Å²) in [4.78, 5) is 24.8. The monoisotopic (exact) mass is 332 g/mol. The van der Waals surface area contributed by atoms with Crippen LogP contribution in [0.3, 0.4) is 0 Å². The van der Waals surface area contributed by atoms with Crippen LogP contribution in [0.1, 0.15) is 39.0 Å². The van der Waals surface area contributed by atoms with Gasteiger partial charge in [0, 0.05) is 20.1 Å². The van der Waals surface area contributed by atoms with Gasteiger partial charge in [-0.25, -0.2) is 8.42 Å². The summed E-state index contributed by atoms with van der Waals surface area (Å²) in [5, 5.41) is 8.16. The minimum atomic E-state index is -3.99. The van der Waals surface area contributed by atoms with Crippen molar-refractivity contribution >= 4 is 21.9 Å². The second-order valence-corrected chi connectivity index (χ2v) is 8.61. The fraction of sp³-hybridized carbons (Fsp3) is 0.857. The molecule has 1 amide bonds. The molecule has 2 fully saturated rings. The van der Waals surface area contributed by atoms with Gasteiger partial charge < -0.3 is 10.0 Å². The maximum atomic E-state index is 12.9. The van der Waals surface area contributed by atoms with Crippen molar-refractivity contribution in [2.75, 3.05) is 14.1 Å². The van der Waals surface area contributed by atoms with Gasteiger partial charge in [0.2, 0.25) is 15.9 Å². The minimum Gasteiger partial charge on any atom is -0.480 e. The molecule has 1 saturated carbocycles. The molecule has 22 heavy (non-hydrogen) atoms. The van der Waals surface area contributed by atoms with E-state index in [2.05, 4.69) is 0 Å². The predicted molar refractivity (Wildman–Crippen MR) is 80.7 cm³/mol. The van der Waals surface area contributed by atoms with Crippen LogP contribution in [0, 0.1) is 5.92 Å².